The molecule has 0 saturated carbocycles. The molecule has 0 unspecified atom stereocenters. The summed E-state index contributed by atoms with van der Waals surface area (Å²) in [7, 11) is 0. The lowest BCUT2D eigenvalue weighted by atomic mass is 10.1. The second-order valence-corrected chi connectivity index (χ2v) is 4.73. The summed E-state index contributed by atoms with van der Waals surface area (Å²) in [5.41, 5.74) is 0.129. The number of aryl methyl sites for hydroxylation is 1. The van der Waals surface area contributed by atoms with E-state index in [-0.39, 0.29) is 11.3 Å². The van der Waals surface area contributed by atoms with E-state index in [2.05, 4.69) is 10.5 Å². The summed E-state index contributed by atoms with van der Waals surface area (Å²) in [6, 6.07) is 5.15. The number of carboxylic acids is 1. The number of benzene rings is 1. The predicted octanol–water partition coefficient (Wildman–Crippen LogP) is 2.32. The summed E-state index contributed by atoms with van der Waals surface area (Å²) in [5.74, 6) is -2.02. The van der Waals surface area contributed by atoms with Crippen molar-refractivity contribution in [1.82, 2.24) is 10.5 Å². The second-order valence-electron chi connectivity index (χ2n) is 4.73. The van der Waals surface area contributed by atoms with Crippen molar-refractivity contribution in [3.63, 3.8) is 0 Å². The zero-order chi connectivity index (χ0) is 16.1. The summed E-state index contributed by atoms with van der Waals surface area (Å²) in [6.07, 6.45) is 1.46. The van der Waals surface area contributed by atoms with Gasteiger partial charge in [0.25, 0.3) is 5.91 Å². The van der Waals surface area contributed by atoms with Crippen molar-refractivity contribution < 1.29 is 23.6 Å². The third kappa shape index (κ3) is 3.69. The van der Waals surface area contributed by atoms with E-state index in [0.29, 0.717) is 12.2 Å². The Bertz CT molecular complexity index is 684. The van der Waals surface area contributed by atoms with Gasteiger partial charge >= 0.3 is 5.97 Å². The van der Waals surface area contributed by atoms with Crippen LogP contribution in [0.3, 0.4) is 0 Å². The number of aliphatic carboxylic acids is 1. The molecule has 0 saturated heterocycles. The number of nitrogens with zero attached hydrogens (tertiary/aromatic N) is 1. The standard InChI is InChI=1S/C15H15FN2O4/c1-2-4-11-8-12(18-22-11)14(19)17-13(15(20)21)9-5-3-6-10(16)7-9/h3,5-8,13H,2,4H2,1H3,(H,17,19)(H,20,21)/t13-/m1/s1. The SMILES string of the molecule is CCCc1cc(C(=O)N[C@@H](C(=O)O)c2cccc(F)c2)no1. The van der Waals surface area contributed by atoms with Gasteiger partial charge in [-0.25, -0.2) is 9.18 Å². The van der Waals surface area contributed by atoms with Crippen LogP contribution in [0.25, 0.3) is 0 Å². The van der Waals surface area contributed by atoms with E-state index >= 15 is 0 Å². The van der Waals surface area contributed by atoms with E-state index in [0.717, 1.165) is 12.5 Å². The molecule has 22 heavy (non-hydrogen) atoms. The number of nitrogens with one attached hydrogen (secondary N) is 1. The molecule has 2 aromatic rings. The summed E-state index contributed by atoms with van der Waals surface area (Å²) < 4.78 is 18.2. The summed E-state index contributed by atoms with van der Waals surface area (Å²) in [5, 5.41) is 15.1. The monoisotopic (exact) mass is 306 g/mol. The molecule has 1 heterocycles. The lowest BCUT2D eigenvalue weighted by Crippen LogP contribution is -2.34. The highest BCUT2D eigenvalue weighted by molar-refractivity contribution is 5.95. The van der Waals surface area contributed by atoms with Gasteiger partial charge in [0.2, 0.25) is 0 Å². The van der Waals surface area contributed by atoms with Gasteiger partial charge in [0, 0.05) is 12.5 Å². The van der Waals surface area contributed by atoms with Gasteiger partial charge in [0.1, 0.15) is 11.6 Å². The topological polar surface area (TPSA) is 92.4 Å². The number of hydrogen-bond acceptors (Lipinski definition) is 4. The van der Waals surface area contributed by atoms with Crippen molar-refractivity contribution >= 4 is 11.9 Å². The molecule has 0 bridgehead atoms. The molecule has 6 nitrogen and oxygen atoms in total. The number of hydrogen-bond donors (Lipinski definition) is 2. The highest BCUT2D eigenvalue weighted by atomic mass is 19.1. The third-order valence-corrected chi connectivity index (χ3v) is 2.99. The van der Waals surface area contributed by atoms with E-state index in [1.807, 2.05) is 6.92 Å². The van der Waals surface area contributed by atoms with Gasteiger partial charge in [0.05, 0.1) is 0 Å². The molecule has 0 aliphatic heterocycles. The molecule has 1 atom stereocenters. The van der Waals surface area contributed by atoms with Gasteiger partial charge in [-0.2, -0.15) is 0 Å². The first kappa shape index (κ1) is 15.7. The Morgan fingerprint density at radius 3 is 2.82 bits per heavy atom. The second kappa shape index (κ2) is 6.84. The molecule has 0 fully saturated rings. The number of halogens is 1. The minimum absolute atomic E-state index is 0.00824. The molecule has 7 heteroatoms. The lowest BCUT2D eigenvalue weighted by molar-refractivity contribution is -0.139. The van der Waals surface area contributed by atoms with Gasteiger partial charge < -0.3 is 14.9 Å². The minimum atomic E-state index is -1.37. The largest absolute Gasteiger partial charge is 0.479 e. The smallest absolute Gasteiger partial charge is 0.330 e. The summed E-state index contributed by atoms with van der Waals surface area (Å²) >= 11 is 0. The minimum Gasteiger partial charge on any atom is -0.479 e. The number of aromatic nitrogens is 1. The molecule has 1 aromatic heterocycles. The fraction of sp³-hybridized carbons (Fsp3) is 0.267. The first-order valence-corrected chi connectivity index (χ1v) is 6.76. The van der Waals surface area contributed by atoms with Crippen LogP contribution in [-0.2, 0) is 11.2 Å². The van der Waals surface area contributed by atoms with Gasteiger partial charge in [-0.3, -0.25) is 4.79 Å². The molecule has 0 radical (unpaired) electrons. The van der Waals surface area contributed by atoms with Crippen LogP contribution in [0, 0.1) is 5.82 Å². The van der Waals surface area contributed by atoms with Crippen molar-refractivity contribution in [2.45, 2.75) is 25.8 Å². The average molecular weight is 306 g/mol. The molecule has 2 N–H and O–H groups in total. The molecule has 1 aromatic carbocycles. The van der Waals surface area contributed by atoms with Crippen LogP contribution in [0.2, 0.25) is 0 Å². The Hall–Kier alpha value is -2.70. The fourth-order valence-corrected chi connectivity index (χ4v) is 1.96. The third-order valence-electron chi connectivity index (χ3n) is 2.99. The van der Waals surface area contributed by atoms with E-state index in [9.17, 15) is 19.1 Å². The number of carbonyl (C=O) groups is 2. The Labute approximate surface area is 125 Å². The highest BCUT2D eigenvalue weighted by Crippen LogP contribution is 2.16. The Kier molecular flexibility index (Phi) is 4.88. The van der Waals surface area contributed by atoms with Crippen molar-refractivity contribution in [3.05, 3.63) is 53.2 Å². The van der Waals surface area contributed by atoms with Crippen molar-refractivity contribution in [2.75, 3.05) is 0 Å². The highest BCUT2D eigenvalue weighted by Gasteiger charge is 2.24. The van der Waals surface area contributed by atoms with E-state index in [1.54, 1.807) is 0 Å². The Morgan fingerprint density at radius 2 is 2.18 bits per heavy atom. The van der Waals surface area contributed by atoms with Gasteiger partial charge in [-0.15, -0.1) is 0 Å². The number of amides is 1. The number of carboxylic acid groups (broad SMARTS) is 1. The van der Waals surface area contributed by atoms with E-state index < -0.39 is 23.7 Å². The molecule has 116 valence electrons. The number of carbonyl (C=O) groups excluding carboxylic acids is 1. The molecule has 2 rings (SSSR count). The van der Waals surface area contributed by atoms with Crippen LogP contribution in [0.4, 0.5) is 4.39 Å². The Morgan fingerprint density at radius 1 is 1.41 bits per heavy atom. The zero-order valence-electron chi connectivity index (χ0n) is 11.9. The maximum Gasteiger partial charge on any atom is 0.330 e. The van der Waals surface area contributed by atoms with Crippen molar-refractivity contribution in [2.24, 2.45) is 0 Å². The maximum atomic E-state index is 13.2. The predicted molar refractivity (Wildman–Crippen MR) is 74.7 cm³/mol. The average Bonchev–Trinajstić information content (AvgIpc) is 2.93. The van der Waals surface area contributed by atoms with Crippen LogP contribution in [-0.4, -0.2) is 22.1 Å². The van der Waals surface area contributed by atoms with Gasteiger partial charge in [-0.05, 0) is 24.1 Å². The fourth-order valence-electron chi connectivity index (χ4n) is 1.96. The van der Waals surface area contributed by atoms with Crippen molar-refractivity contribution in [3.8, 4) is 0 Å². The first-order valence-electron chi connectivity index (χ1n) is 6.76. The maximum absolute atomic E-state index is 13.2. The molecule has 0 spiro atoms. The normalized spacial score (nSPS) is 11.9. The first-order chi connectivity index (χ1) is 10.5. The quantitative estimate of drug-likeness (QED) is 0.854. The molecule has 0 aliphatic rings. The number of rotatable bonds is 6. The van der Waals surface area contributed by atoms with Gasteiger partial charge in [0.15, 0.2) is 11.7 Å². The summed E-state index contributed by atoms with van der Waals surface area (Å²) in [4.78, 5) is 23.3. The zero-order valence-corrected chi connectivity index (χ0v) is 11.9. The van der Waals surface area contributed by atoms with Crippen LogP contribution >= 0.6 is 0 Å². The molecular formula is C15H15FN2O4. The lowest BCUT2D eigenvalue weighted by Gasteiger charge is -2.13. The van der Waals surface area contributed by atoms with E-state index in [1.165, 1.54) is 24.3 Å². The van der Waals surface area contributed by atoms with Crippen LogP contribution in [0.5, 0.6) is 0 Å². The van der Waals surface area contributed by atoms with Crippen molar-refractivity contribution in [1.29, 1.82) is 0 Å². The van der Waals surface area contributed by atoms with Crippen LogP contribution < -0.4 is 5.32 Å². The molecule has 0 aliphatic carbocycles. The Balaban J connectivity index is 2.16. The van der Waals surface area contributed by atoms with Crippen LogP contribution in [0.15, 0.2) is 34.9 Å². The van der Waals surface area contributed by atoms with Crippen LogP contribution in [0.1, 0.15) is 41.2 Å². The van der Waals surface area contributed by atoms with Gasteiger partial charge in [-0.1, -0.05) is 24.2 Å². The van der Waals surface area contributed by atoms with E-state index in [4.69, 9.17) is 4.52 Å². The summed E-state index contributed by atoms with van der Waals surface area (Å²) in [6.45, 7) is 1.95. The molecule has 1 amide bonds. The molecular weight excluding hydrogens is 291 g/mol.